The molecule has 11 heteroatoms. The first-order chi connectivity index (χ1) is 15.3. The van der Waals surface area contributed by atoms with Crippen LogP contribution in [0.4, 0.5) is 21.5 Å². The van der Waals surface area contributed by atoms with E-state index in [1.54, 1.807) is 31.2 Å². The lowest BCUT2D eigenvalue weighted by molar-refractivity contribution is -0.387. The van der Waals surface area contributed by atoms with E-state index < -0.39 is 28.3 Å². The van der Waals surface area contributed by atoms with E-state index in [1.165, 1.54) is 11.0 Å². The van der Waals surface area contributed by atoms with Gasteiger partial charge in [-0.05, 0) is 43.3 Å². The summed E-state index contributed by atoms with van der Waals surface area (Å²) in [4.78, 5) is 47.7. The fraction of sp³-hybridized carbons (Fsp3) is 0.286. The highest BCUT2D eigenvalue weighted by atomic mass is 19.1. The molecule has 168 valence electrons. The van der Waals surface area contributed by atoms with Gasteiger partial charge in [-0.25, -0.2) is 0 Å². The van der Waals surface area contributed by atoms with Gasteiger partial charge in [0.15, 0.2) is 6.61 Å². The van der Waals surface area contributed by atoms with Crippen molar-refractivity contribution in [3.05, 3.63) is 58.4 Å². The van der Waals surface area contributed by atoms with Gasteiger partial charge >= 0.3 is 5.69 Å². The number of nitrogens with one attached hydrogen (secondary N) is 2. The first-order valence-corrected chi connectivity index (χ1v) is 9.83. The van der Waals surface area contributed by atoms with Gasteiger partial charge in [-0.15, -0.1) is 0 Å². The molecule has 32 heavy (non-hydrogen) atoms. The number of rotatable bonds is 8. The van der Waals surface area contributed by atoms with Gasteiger partial charge in [-0.3, -0.25) is 24.5 Å². The fourth-order valence-electron chi connectivity index (χ4n) is 3.22. The third-order valence-corrected chi connectivity index (χ3v) is 4.80. The smallest absolute Gasteiger partial charge is 0.306 e. The van der Waals surface area contributed by atoms with Crippen molar-refractivity contribution < 1.29 is 28.4 Å². The summed E-state index contributed by atoms with van der Waals surface area (Å²) in [5.41, 5.74) is -0.103. The minimum absolute atomic E-state index is 0.0151. The summed E-state index contributed by atoms with van der Waals surface area (Å²) in [5.74, 6) is -2.26. The van der Waals surface area contributed by atoms with Crippen LogP contribution < -0.4 is 20.3 Å². The van der Waals surface area contributed by atoms with E-state index in [4.69, 9.17) is 4.74 Å². The second-order valence-corrected chi connectivity index (χ2v) is 7.05. The van der Waals surface area contributed by atoms with Gasteiger partial charge < -0.3 is 20.3 Å². The van der Waals surface area contributed by atoms with E-state index in [9.17, 15) is 28.9 Å². The zero-order chi connectivity index (χ0) is 23.3. The lowest BCUT2D eigenvalue weighted by Gasteiger charge is -2.16. The predicted molar refractivity (Wildman–Crippen MR) is 113 cm³/mol. The van der Waals surface area contributed by atoms with Crippen LogP contribution >= 0.6 is 0 Å². The van der Waals surface area contributed by atoms with Crippen LogP contribution in [-0.2, 0) is 14.4 Å². The summed E-state index contributed by atoms with van der Waals surface area (Å²) in [6, 6.07) is 9.56. The van der Waals surface area contributed by atoms with Crippen LogP contribution in [0.2, 0.25) is 0 Å². The minimum Gasteiger partial charge on any atom is -0.484 e. The van der Waals surface area contributed by atoms with Crippen LogP contribution in [0.15, 0.2) is 42.5 Å². The number of hydrogen-bond acceptors (Lipinski definition) is 6. The summed E-state index contributed by atoms with van der Waals surface area (Å²) < 4.78 is 18.9. The summed E-state index contributed by atoms with van der Waals surface area (Å²) >= 11 is 0. The topological polar surface area (TPSA) is 131 Å². The Labute approximate surface area is 182 Å². The van der Waals surface area contributed by atoms with E-state index in [1.807, 2.05) is 0 Å². The molecule has 1 atom stereocenters. The Balaban J connectivity index is 1.60. The second-order valence-electron chi connectivity index (χ2n) is 7.05. The molecule has 1 fully saturated rings. The molecule has 1 aliphatic rings. The molecule has 0 aromatic heterocycles. The maximum atomic E-state index is 13.6. The number of carbonyl (C=O) groups excluding carboxylic acids is 3. The van der Waals surface area contributed by atoms with Gasteiger partial charge in [0.2, 0.25) is 17.6 Å². The molecule has 0 spiro atoms. The number of anilines is 2. The number of hydrogen-bond donors (Lipinski definition) is 2. The Kier molecular flexibility index (Phi) is 6.98. The third kappa shape index (κ3) is 5.36. The normalized spacial score (nSPS) is 15.4. The highest BCUT2D eigenvalue weighted by Crippen LogP contribution is 2.30. The molecule has 1 saturated heterocycles. The van der Waals surface area contributed by atoms with E-state index in [-0.39, 0.29) is 37.1 Å². The van der Waals surface area contributed by atoms with Crippen LogP contribution in [0, 0.1) is 21.8 Å². The van der Waals surface area contributed by atoms with Crippen molar-refractivity contribution in [2.75, 3.05) is 29.9 Å². The Morgan fingerprint density at radius 3 is 2.62 bits per heavy atom. The van der Waals surface area contributed by atoms with Crippen molar-refractivity contribution in [3.8, 4) is 5.75 Å². The SMILES string of the molecule is CCNC(=O)COc1ccc(NC(=O)C2CC(=O)N(c3ccc(F)c([N+](=O)[O-])c3)C2)cc1. The van der Waals surface area contributed by atoms with E-state index in [2.05, 4.69) is 10.6 Å². The molecule has 0 aliphatic carbocycles. The number of nitro benzene ring substituents is 1. The molecule has 0 saturated carbocycles. The number of halogens is 1. The Hall–Kier alpha value is -4.02. The van der Waals surface area contributed by atoms with Crippen molar-refractivity contribution in [2.24, 2.45) is 5.92 Å². The number of likely N-dealkylation sites (N-methyl/N-ethyl adjacent to an activating group) is 1. The molecule has 3 amide bonds. The summed E-state index contributed by atoms with van der Waals surface area (Å²) in [7, 11) is 0. The predicted octanol–water partition coefficient (Wildman–Crippen LogP) is 2.24. The fourth-order valence-corrected chi connectivity index (χ4v) is 3.22. The van der Waals surface area contributed by atoms with Gasteiger partial charge in [0, 0.05) is 31.3 Å². The van der Waals surface area contributed by atoms with Gasteiger partial charge in [0.1, 0.15) is 5.75 Å². The van der Waals surface area contributed by atoms with E-state index in [0.29, 0.717) is 18.0 Å². The molecular formula is C21H21FN4O6. The molecule has 1 unspecified atom stereocenters. The van der Waals surface area contributed by atoms with E-state index in [0.717, 1.165) is 12.1 Å². The lowest BCUT2D eigenvalue weighted by Crippen LogP contribution is -2.28. The Bertz CT molecular complexity index is 1040. The zero-order valence-corrected chi connectivity index (χ0v) is 17.2. The van der Waals surface area contributed by atoms with Gasteiger partial charge in [-0.2, -0.15) is 4.39 Å². The highest BCUT2D eigenvalue weighted by Gasteiger charge is 2.36. The summed E-state index contributed by atoms with van der Waals surface area (Å²) in [6.07, 6.45) is -0.0786. The number of amides is 3. The quantitative estimate of drug-likeness (QED) is 0.474. The average Bonchev–Trinajstić information content (AvgIpc) is 3.15. The van der Waals surface area contributed by atoms with Gasteiger partial charge in [0.25, 0.3) is 5.91 Å². The highest BCUT2D eigenvalue weighted by molar-refractivity contribution is 6.03. The van der Waals surface area contributed by atoms with Crippen molar-refractivity contribution in [3.63, 3.8) is 0 Å². The van der Waals surface area contributed by atoms with Crippen LogP contribution in [0.1, 0.15) is 13.3 Å². The first-order valence-electron chi connectivity index (χ1n) is 9.83. The summed E-state index contributed by atoms with van der Waals surface area (Å²) in [5, 5.41) is 16.3. The van der Waals surface area contributed by atoms with Crippen molar-refractivity contribution in [1.82, 2.24) is 5.32 Å². The molecule has 10 nitrogen and oxygen atoms in total. The summed E-state index contributed by atoms with van der Waals surface area (Å²) in [6.45, 7) is 2.20. The lowest BCUT2D eigenvalue weighted by atomic mass is 10.1. The maximum Gasteiger partial charge on any atom is 0.306 e. The number of nitro groups is 1. The molecular weight excluding hydrogens is 423 g/mol. The van der Waals surface area contributed by atoms with Crippen LogP contribution in [0.5, 0.6) is 5.75 Å². The zero-order valence-electron chi connectivity index (χ0n) is 17.2. The first kappa shape index (κ1) is 22.7. The monoisotopic (exact) mass is 444 g/mol. The minimum atomic E-state index is -1.00. The number of benzene rings is 2. The molecule has 2 N–H and O–H groups in total. The average molecular weight is 444 g/mol. The van der Waals surface area contributed by atoms with Crippen LogP contribution in [0.25, 0.3) is 0 Å². The Morgan fingerprint density at radius 1 is 1.25 bits per heavy atom. The third-order valence-electron chi connectivity index (χ3n) is 4.80. The van der Waals surface area contributed by atoms with Crippen LogP contribution in [-0.4, -0.2) is 42.3 Å². The molecule has 2 aromatic rings. The van der Waals surface area contributed by atoms with Crippen LogP contribution in [0.3, 0.4) is 0 Å². The maximum absolute atomic E-state index is 13.6. The Morgan fingerprint density at radius 2 is 1.97 bits per heavy atom. The standard InChI is InChI=1S/C21H21FN4O6/c1-2-23-19(27)12-32-16-6-3-14(4-7-16)24-21(29)13-9-20(28)25(11-13)15-5-8-17(22)18(10-15)26(30)31/h3-8,10,13H,2,9,11-12H2,1H3,(H,23,27)(H,24,29). The molecule has 3 rings (SSSR count). The number of nitrogens with zero attached hydrogens (tertiary/aromatic N) is 2. The van der Waals surface area contributed by atoms with Crippen molar-refractivity contribution >= 4 is 34.8 Å². The second kappa shape index (κ2) is 9.86. The molecule has 2 aromatic carbocycles. The van der Waals surface area contributed by atoms with Gasteiger partial charge in [-0.1, -0.05) is 0 Å². The molecule has 1 heterocycles. The van der Waals surface area contributed by atoms with Crippen molar-refractivity contribution in [2.45, 2.75) is 13.3 Å². The number of carbonyl (C=O) groups is 3. The molecule has 1 aliphatic heterocycles. The van der Waals surface area contributed by atoms with Gasteiger partial charge in [0.05, 0.1) is 16.5 Å². The van der Waals surface area contributed by atoms with Crippen molar-refractivity contribution in [1.29, 1.82) is 0 Å². The molecule has 0 bridgehead atoms. The largest absolute Gasteiger partial charge is 0.484 e. The molecule has 0 radical (unpaired) electrons. The van der Waals surface area contributed by atoms with E-state index >= 15 is 0 Å². The number of ether oxygens (including phenoxy) is 1.